The van der Waals surface area contributed by atoms with Crippen LogP contribution in [0.25, 0.3) is 16.7 Å². The first kappa shape index (κ1) is 26.4. The number of aromatic nitrogens is 3. The third kappa shape index (κ3) is 5.09. The van der Waals surface area contributed by atoms with Crippen molar-refractivity contribution in [1.82, 2.24) is 19.4 Å². The molecule has 1 aliphatic rings. The Morgan fingerprint density at radius 2 is 1.84 bits per heavy atom. The summed E-state index contributed by atoms with van der Waals surface area (Å²) < 4.78 is 21.5. The van der Waals surface area contributed by atoms with Crippen LogP contribution >= 0.6 is 11.6 Å². The fourth-order valence-electron chi connectivity index (χ4n) is 4.64. The zero-order valence-electron chi connectivity index (χ0n) is 21.6. The highest BCUT2D eigenvalue weighted by atomic mass is 35.5. The lowest BCUT2D eigenvalue weighted by atomic mass is 10.0. The van der Waals surface area contributed by atoms with Crippen LogP contribution in [0.3, 0.4) is 0 Å². The summed E-state index contributed by atoms with van der Waals surface area (Å²) in [4.78, 5) is 38.1. The minimum Gasteiger partial charge on any atom is -0.444 e. The number of carbonyl (C=O) groups excluding carboxylic acids is 1. The molecule has 1 aliphatic heterocycles. The van der Waals surface area contributed by atoms with Crippen molar-refractivity contribution in [2.45, 2.75) is 53.2 Å². The molecule has 1 unspecified atom stereocenters. The van der Waals surface area contributed by atoms with Gasteiger partial charge in [-0.05, 0) is 70.9 Å². The first-order valence-electron chi connectivity index (χ1n) is 11.9. The lowest BCUT2D eigenvalue weighted by Gasteiger charge is -2.41. The molecular weight excluding hydrogens is 499 g/mol. The number of nitriles is 1. The van der Waals surface area contributed by atoms with Gasteiger partial charge >= 0.3 is 11.8 Å². The van der Waals surface area contributed by atoms with Gasteiger partial charge in [0.2, 0.25) is 0 Å². The molecule has 37 heavy (non-hydrogen) atoms. The number of amides is 1. The largest absolute Gasteiger partial charge is 0.444 e. The van der Waals surface area contributed by atoms with E-state index in [0.717, 1.165) is 0 Å². The van der Waals surface area contributed by atoms with Gasteiger partial charge in [0, 0.05) is 25.7 Å². The Labute approximate surface area is 219 Å². The van der Waals surface area contributed by atoms with E-state index in [9.17, 15) is 19.2 Å². The summed E-state index contributed by atoms with van der Waals surface area (Å²) in [7, 11) is 0. The summed E-state index contributed by atoms with van der Waals surface area (Å²) in [6.07, 6.45) is -0.418. The number of aryl methyl sites for hydroxylation is 2. The maximum absolute atomic E-state index is 14.7. The van der Waals surface area contributed by atoms with Crippen molar-refractivity contribution in [2.75, 3.05) is 24.5 Å². The molecule has 1 fully saturated rings. The standard InChI is InChI=1S/C26H28ClFN6O3/c1-14-9-17(12-29)10-15(2)20(14)34-23-18(11-19(28)21(27)30-23)22(31-24(34)35)33-8-7-32(13-16(33)3)25(36)37-26(4,5)6/h9-11,16H,7-8,13H2,1-6H3. The zero-order valence-corrected chi connectivity index (χ0v) is 22.4. The number of nitrogens with zero attached hydrogens (tertiary/aromatic N) is 6. The van der Waals surface area contributed by atoms with Crippen molar-refractivity contribution in [3.8, 4) is 11.8 Å². The van der Waals surface area contributed by atoms with E-state index in [1.54, 1.807) is 51.7 Å². The quantitative estimate of drug-likeness (QED) is 0.452. The number of hydrogen-bond donors (Lipinski definition) is 0. The van der Waals surface area contributed by atoms with Crippen molar-refractivity contribution in [3.05, 3.63) is 56.3 Å². The number of anilines is 1. The van der Waals surface area contributed by atoms with E-state index in [-0.39, 0.29) is 22.7 Å². The molecule has 0 saturated carbocycles. The monoisotopic (exact) mass is 526 g/mol. The summed E-state index contributed by atoms with van der Waals surface area (Å²) in [6, 6.07) is 6.41. The Morgan fingerprint density at radius 3 is 2.41 bits per heavy atom. The molecule has 1 saturated heterocycles. The first-order valence-corrected chi connectivity index (χ1v) is 12.2. The lowest BCUT2D eigenvalue weighted by Crippen LogP contribution is -2.55. The number of rotatable bonds is 2. The SMILES string of the molecule is Cc1cc(C#N)cc(C)c1-n1c(=O)nc(N2CCN(C(=O)OC(C)(C)C)CC2C)c2cc(F)c(Cl)nc21. The molecule has 3 aromatic rings. The first-order chi connectivity index (χ1) is 17.3. The van der Waals surface area contributed by atoms with Crippen LogP contribution in [0.4, 0.5) is 15.0 Å². The molecule has 1 amide bonds. The second kappa shape index (κ2) is 9.63. The van der Waals surface area contributed by atoms with Gasteiger partial charge in [0.15, 0.2) is 16.6 Å². The maximum Gasteiger partial charge on any atom is 0.410 e. The highest BCUT2D eigenvalue weighted by Crippen LogP contribution is 2.31. The minimum atomic E-state index is -0.740. The van der Waals surface area contributed by atoms with Crippen molar-refractivity contribution >= 4 is 34.5 Å². The molecule has 11 heteroatoms. The molecule has 0 bridgehead atoms. The van der Waals surface area contributed by atoms with Gasteiger partial charge in [-0.2, -0.15) is 10.2 Å². The molecule has 2 aromatic heterocycles. The Balaban J connectivity index is 1.83. The average Bonchev–Trinajstić information content (AvgIpc) is 2.79. The zero-order chi connectivity index (χ0) is 27.2. The summed E-state index contributed by atoms with van der Waals surface area (Å²) >= 11 is 6.06. The van der Waals surface area contributed by atoms with Gasteiger partial charge in [-0.1, -0.05) is 11.6 Å². The Bertz CT molecular complexity index is 1480. The number of hydrogen-bond acceptors (Lipinski definition) is 7. The summed E-state index contributed by atoms with van der Waals surface area (Å²) in [5, 5.41) is 9.25. The number of halogens is 2. The van der Waals surface area contributed by atoms with Crippen LogP contribution < -0.4 is 10.6 Å². The van der Waals surface area contributed by atoms with Gasteiger partial charge in [0.1, 0.15) is 11.4 Å². The van der Waals surface area contributed by atoms with Crippen molar-refractivity contribution in [2.24, 2.45) is 0 Å². The van der Waals surface area contributed by atoms with Crippen molar-refractivity contribution < 1.29 is 13.9 Å². The molecule has 4 rings (SSSR count). The smallest absolute Gasteiger partial charge is 0.410 e. The van der Waals surface area contributed by atoms with Crippen molar-refractivity contribution in [3.63, 3.8) is 0 Å². The molecule has 194 valence electrons. The predicted molar refractivity (Wildman–Crippen MR) is 139 cm³/mol. The average molecular weight is 527 g/mol. The third-order valence-electron chi connectivity index (χ3n) is 6.15. The van der Waals surface area contributed by atoms with Crippen LogP contribution in [0, 0.1) is 31.0 Å². The molecule has 3 heterocycles. The number of benzene rings is 1. The number of pyridine rings is 1. The third-order valence-corrected chi connectivity index (χ3v) is 6.42. The van der Waals surface area contributed by atoms with E-state index in [1.165, 1.54) is 10.6 Å². The number of carbonyl (C=O) groups is 1. The normalized spacial score (nSPS) is 16.1. The highest BCUT2D eigenvalue weighted by molar-refractivity contribution is 6.30. The molecule has 0 N–H and O–H groups in total. The molecule has 1 aromatic carbocycles. The van der Waals surface area contributed by atoms with Gasteiger partial charge in [-0.25, -0.2) is 23.5 Å². The molecular formula is C26H28ClFN6O3. The van der Waals surface area contributed by atoms with E-state index >= 15 is 0 Å². The van der Waals surface area contributed by atoms with E-state index in [1.807, 2.05) is 11.8 Å². The van der Waals surface area contributed by atoms with Gasteiger partial charge in [0.05, 0.1) is 22.7 Å². The Hall–Kier alpha value is -3.71. The number of ether oxygens (including phenoxy) is 1. The van der Waals surface area contributed by atoms with Crippen LogP contribution in [0.5, 0.6) is 0 Å². The van der Waals surface area contributed by atoms with E-state index < -0.39 is 23.2 Å². The van der Waals surface area contributed by atoms with Crippen LogP contribution in [-0.4, -0.2) is 56.8 Å². The number of fused-ring (bicyclic) bond motifs is 1. The van der Waals surface area contributed by atoms with Gasteiger partial charge in [-0.3, -0.25) is 0 Å². The minimum absolute atomic E-state index is 0.152. The summed E-state index contributed by atoms with van der Waals surface area (Å²) in [5.74, 6) is -0.477. The van der Waals surface area contributed by atoms with E-state index in [2.05, 4.69) is 16.0 Å². The fourth-order valence-corrected chi connectivity index (χ4v) is 4.78. The maximum atomic E-state index is 14.7. The molecule has 0 spiro atoms. The lowest BCUT2D eigenvalue weighted by molar-refractivity contribution is 0.0218. The molecule has 1 atom stereocenters. The molecule has 9 nitrogen and oxygen atoms in total. The van der Waals surface area contributed by atoms with Crippen LogP contribution in [0.2, 0.25) is 5.15 Å². The highest BCUT2D eigenvalue weighted by Gasteiger charge is 2.32. The van der Waals surface area contributed by atoms with Crippen LogP contribution in [0.15, 0.2) is 23.0 Å². The summed E-state index contributed by atoms with van der Waals surface area (Å²) in [5.41, 5.74) is 1.20. The molecule has 0 aliphatic carbocycles. The van der Waals surface area contributed by atoms with E-state index in [4.69, 9.17) is 16.3 Å². The van der Waals surface area contributed by atoms with Gasteiger partial charge < -0.3 is 14.5 Å². The second-order valence-electron chi connectivity index (χ2n) is 10.2. The predicted octanol–water partition coefficient (Wildman–Crippen LogP) is 4.51. The van der Waals surface area contributed by atoms with E-state index in [0.29, 0.717) is 47.4 Å². The molecule has 0 radical (unpaired) electrons. The Kier molecular flexibility index (Phi) is 6.86. The van der Waals surface area contributed by atoms with Gasteiger partial charge in [0.25, 0.3) is 0 Å². The second-order valence-corrected chi connectivity index (χ2v) is 10.6. The summed E-state index contributed by atoms with van der Waals surface area (Å²) in [6.45, 7) is 11.9. The van der Waals surface area contributed by atoms with Gasteiger partial charge in [-0.15, -0.1) is 0 Å². The topological polar surface area (TPSA) is 104 Å². The number of piperazine rings is 1. The van der Waals surface area contributed by atoms with Crippen LogP contribution in [0.1, 0.15) is 44.4 Å². The van der Waals surface area contributed by atoms with Crippen LogP contribution in [-0.2, 0) is 4.74 Å². The fraction of sp³-hybridized carbons (Fsp3) is 0.423. The Morgan fingerprint density at radius 1 is 1.19 bits per heavy atom. The van der Waals surface area contributed by atoms with Crippen molar-refractivity contribution in [1.29, 1.82) is 5.26 Å².